The largest absolute Gasteiger partial charge is 0.495 e. The molecule has 0 radical (unpaired) electrons. The molecule has 0 aromatic heterocycles. The number of hydrogen-bond donors (Lipinski definition) is 2. The van der Waals surface area contributed by atoms with Crippen molar-refractivity contribution in [1.82, 2.24) is 0 Å². The van der Waals surface area contributed by atoms with Crippen LogP contribution in [0.4, 0.5) is 11.4 Å². The number of nitrogen functional groups attached to an aromatic ring is 1. The van der Waals surface area contributed by atoms with Gasteiger partial charge >= 0.3 is 0 Å². The van der Waals surface area contributed by atoms with Crippen molar-refractivity contribution >= 4 is 40.6 Å². The molecule has 3 N–H and O–H groups in total. The molecule has 138 valence electrons. The molecule has 1 unspecified atom stereocenters. The molecule has 0 aliphatic rings. The third-order valence-electron chi connectivity index (χ3n) is 3.87. The molecule has 3 rings (SSSR count). The number of thioether (sulfide) groups is 1. The number of carbonyl (C=O) groups excluding carboxylic acids is 1. The molecule has 3 aromatic rings. The Morgan fingerprint density at radius 1 is 1.07 bits per heavy atom. The second-order valence-electron chi connectivity index (χ2n) is 5.81. The summed E-state index contributed by atoms with van der Waals surface area (Å²) < 4.78 is 5.32. The van der Waals surface area contributed by atoms with Crippen LogP contribution in [-0.4, -0.2) is 13.0 Å². The quantitative estimate of drug-likeness (QED) is 0.431. The normalized spacial score (nSPS) is 11.6. The van der Waals surface area contributed by atoms with Gasteiger partial charge in [-0.15, -0.1) is 11.8 Å². The number of rotatable bonds is 6. The highest BCUT2D eigenvalue weighted by atomic mass is 35.5. The number of hydrogen-bond acceptors (Lipinski definition) is 4. The van der Waals surface area contributed by atoms with E-state index in [1.54, 1.807) is 25.3 Å². The van der Waals surface area contributed by atoms with Gasteiger partial charge in [-0.05, 0) is 42.0 Å². The third-order valence-corrected chi connectivity index (χ3v) is 5.36. The summed E-state index contributed by atoms with van der Waals surface area (Å²) >= 11 is 7.51. The molecule has 0 spiro atoms. The number of ether oxygens (including phenoxy) is 1. The summed E-state index contributed by atoms with van der Waals surface area (Å²) in [5, 5.41) is 2.99. The Labute approximate surface area is 167 Å². The van der Waals surface area contributed by atoms with Gasteiger partial charge in [0, 0.05) is 15.6 Å². The van der Waals surface area contributed by atoms with E-state index in [2.05, 4.69) is 5.32 Å². The molecule has 0 bridgehead atoms. The lowest BCUT2D eigenvalue weighted by Crippen LogP contribution is -2.19. The average Bonchev–Trinajstić information content (AvgIpc) is 2.67. The van der Waals surface area contributed by atoms with Gasteiger partial charge in [0.15, 0.2) is 0 Å². The second-order valence-corrected chi connectivity index (χ2v) is 7.43. The van der Waals surface area contributed by atoms with Gasteiger partial charge in [0.2, 0.25) is 5.91 Å². The van der Waals surface area contributed by atoms with E-state index in [0.29, 0.717) is 22.1 Å². The maximum Gasteiger partial charge on any atom is 0.242 e. The topological polar surface area (TPSA) is 64.3 Å². The first kappa shape index (κ1) is 19.1. The zero-order valence-corrected chi connectivity index (χ0v) is 16.3. The Hall–Kier alpha value is -2.63. The summed E-state index contributed by atoms with van der Waals surface area (Å²) in [6.45, 7) is 0. The molecule has 1 atom stereocenters. The van der Waals surface area contributed by atoms with Crippen LogP contribution in [0.25, 0.3) is 0 Å². The van der Waals surface area contributed by atoms with Gasteiger partial charge < -0.3 is 15.8 Å². The monoisotopic (exact) mass is 398 g/mol. The fraction of sp³-hybridized carbons (Fsp3) is 0.0952. The Balaban J connectivity index is 1.91. The third kappa shape index (κ3) is 4.96. The lowest BCUT2D eigenvalue weighted by Gasteiger charge is -2.18. The highest BCUT2D eigenvalue weighted by Crippen LogP contribution is 2.38. The minimum Gasteiger partial charge on any atom is -0.495 e. The summed E-state index contributed by atoms with van der Waals surface area (Å²) in [6, 6.07) is 22.2. The highest BCUT2D eigenvalue weighted by molar-refractivity contribution is 8.00. The summed E-state index contributed by atoms with van der Waals surface area (Å²) in [6.07, 6.45) is 0. The van der Waals surface area contributed by atoms with Gasteiger partial charge in [-0.3, -0.25) is 4.79 Å². The van der Waals surface area contributed by atoms with Crippen molar-refractivity contribution < 1.29 is 9.53 Å². The first-order valence-electron chi connectivity index (χ1n) is 8.28. The number of benzene rings is 3. The van der Waals surface area contributed by atoms with Gasteiger partial charge in [0.05, 0.1) is 12.8 Å². The van der Waals surface area contributed by atoms with Gasteiger partial charge in [0.1, 0.15) is 11.0 Å². The van der Waals surface area contributed by atoms with E-state index in [9.17, 15) is 4.79 Å². The molecule has 4 nitrogen and oxygen atoms in total. The zero-order chi connectivity index (χ0) is 19.2. The van der Waals surface area contributed by atoms with Gasteiger partial charge in [-0.2, -0.15) is 0 Å². The van der Waals surface area contributed by atoms with E-state index >= 15 is 0 Å². The van der Waals surface area contributed by atoms with Crippen LogP contribution in [0, 0.1) is 0 Å². The number of nitrogens with two attached hydrogens (primary N) is 1. The van der Waals surface area contributed by atoms with Crippen molar-refractivity contribution in [1.29, 1.82) is 0 Å². The Morgan fingerprint density at radius 2 is 1.85 bits per heavy atom. The summed E-state index contributed by atoms with van der Waals surface area (Å²) in [5.74, 6) is 0.378. The van der Waals surface area contributed by atoms with Gasteiger partial charge in [0.25, 0.3) is 0 Å². The highest BCUT2D eigenvalue weighted by Gasteiger charge is 2.23. The smallest absolute Gasteiger partial charge is 0.242 e. The molecule has 0 saturated carbocycles. The molecule has 0 aliphatic heterocycles. The van der Waals surface area contributed by atoms with E-state index in [1.165, 1.54) is 11.8 Å². The van der Waals surface area contributed by atoms with Crippen LogP contribution < -0.4 is 15.8 Å². The minimum atomic E-state index is -0.461. The molecular formula is C21H19ClN2O2S. The van der Waals surface area contributed by atoms with E-state index in [-0.39, 0.29) is 5.91 Å². The number of methoxy groups -OCH3 is 1. The van der Waals surface area contributed by atoms with Crippen LogP contribution >= 0.6 is 23.4 Å². The maximum atomic E-state index is 13.1. The Kier molecular flexibility index (Phi) is 6.27. The molecule has 6 heteroatoms. The van der Waals surface area contributed by atoms with E-state index < -0.39 is 5.25 Å². The summed E-state index contributed by atoms with van der Waals surface area (Å²) in [4.78, 5) is 14.0. The van der Waals surface area contributed by atoms with Crippen LogP contribution in [0.15, 0.2) is 77.7 Å². The van der Waals surface area contributed by atoms with E-state index in [0.717, 1.165) is 10.5 Å². The predicted molar refractivity (Wildman–Crippen MR) is 113 cm³/mol. The van der Waals surface area contributed by atoms with Gasteiger partial charge in [-0.25, -0.2) is 0 Å². The molecule has 0 heterocycles. The first-order valence-corrected chi connectivity index (χ1v) is 9.54. The molecule has 0 aliphatic carbocycles. The number of carbonyl (C=O) groups is 1. The van der Waals surface area contributed by atoms with Crippen molar-refractivity contribution in [2.45, 2.75) is 10.1 Å². The Morgan fingerprint density at radius 3 is 2.56 bits per heavy atom. The van der Waals surface area contributed by atoms with Crippen molar-refractivity contribution in [3.63, 3.8) is 0 Å². The SMILES string of the molecule is COc1ccc(Cl)cc1NC(=O)C(Sc1cccc(N)c1)c1ccccc1. The van der Waals surface area contributed by atoms with Crippen LogP contribution in [0.2, 0.25) is 5.02 Å². The van der Waals surface area contributed by atoms with Crippen molar-refractivity contribution in [2.24, 2.45) is 0 Å². The van der Waals surface area contributed by atoms with Gasteiger partial charge in [-0.1, -0.05) is 48.0 Å². The number of nitrogens with one attached hydrogen (secondary N) is 1. The first-order chi connectivity index (χ1) is 13.1. The molecule has 0 fully saturated rings. The Bertz CT molecular complexity index is 934. The average molecular weight is 399 g/mol. The number of amides is 1. The molecule has 1 amide bonds. The maximum absolute atomic E-state index is 13.1. The summed E-state index contributed by atoms with van der Waals surface area (Å²) in [5.41, 5.74) is 7.96. The standard InChI is InChI=1S/C21H19ClN2O2S/c1-26-19-11-10-15(22)12-18(19)24-21(25)20(14-6-3-2-4-7-14)27-17-9-5-8-16(23)13-17/h2-13,20H,23H2,1H3,(H,24,25). The lowest BCUT2D eigenvalue weighted by molar-refractivity contribution is -0.115. The van der Waals surface area contributed by atoms with E-state index in [1.807, 2.05) is 54.6 Å². The van der Waals surface area contributed by atoms with Crippen molar-refractivity contribution in [3.05, 3.63) is 83.4 Å². The molecule has 3 aromatic carbocycles. The predicted octanol–water partition coefficient (Wildman–Crippen LogP) is 5.40. The fourth-order valence-corrected chi connectivity index (χ4v) is 3.87. The summed E-state index contributed by atoms with van der Waals surface area (Å²) in [7, 11) is 1.55. The molecule has 0 saturated heterocycles. The molecule has 27 heavy (non-hydrogen) atoms. The van der Waals surface area contributed by atoms with Crippen LogP contribution in [-0.2, 0) is 4.79 Å². The minimum absolute atomic E-state index is 0.172. The lowest BCUT2D eigenvalue weighted by atomic mass is 10.1. The van der Waals surface area contributed by atoms with Crippen LogP contribution in [0.1, 0.15) is 10.8 Å². The van der Waals surface area contributed by atoms with Crippen LogP contribution in [0.3, 0.4) is 0 Å². The zero-order valence-electron chi connectivity index (χ0n) is 14.7. The number of anilines is 2. The van der Waals surface area contributed by atoms with E-state index in [4.69, 9.17) is 22.1 Å². The van der Waals surface area contributed by atoms with Crippen molar-refractivity contribution in [3.8, 4) is 5.75 Å². The van der Waals surface area contributed by atoms with Crippen molar-refractivity contribution in [2.75, 3.05) is 18.2 Å². The fourth-order valence-electron chi connectivity index (χ4n) is 2.60. The number of halogens is 1. The second kappa shape index (κ2) is 8.84. The molecular weight excluding hydrogens is 380 g/mol. The van der Waals surface area contributed by atoms with Crippen LogP contribution in [0.5, 0.6) is 5.75 Å².